The van der Waals surface area contributed by atoms with Crippen LogP contribution in [-0.4, -0.2) is 67.8 Å². The van der Waals surface area contributed by atoms with Gasteiger partial charge in [-0.25, -0.2) is 4.98 Å². The van der Waals surface area contributed by atoms with Crippen molar-refractivity contribution >= 4 is 23.4 Å². The van der Waals surface area contributed by atoms with Crippen LogP contribution < -0.4 is 10.6 Å². The Balaban J connectivity index is 1.53. The van der Waals surface area contributed by atoms with Gasteiger partial charge in [-0.3, -0.25) is 4.79 Å². The number of ether oxygens (including phenoxy) is 2. The van der Waals surface area contributed by atoms with Gasteiger partial charge in [0.1, 0.15) is 18.0 Å². The van der Waals surface area contributed by atoms with Crippen molar-refractivity contribution in [2.24, 2.45) is 0 Å². The Labute approximate surface area is 189 Å². The monoisotopic (exact) mass is 465 g/mol. The molecule has 33 heavy (non-hydrogen) atoms. The van der Waals surface area contributed by atoms with Crippen molar-refractivity contribution in [2.75, 3.05) is 57.7 Å². The molecule has 11 heteroatoms. The summed E-state index contributed by atoms with van der Waals surface area (Å²) in [4.78, 5) is 22.0. The molecule has 178 valence electrons. The van der Waals surface area contributed by atoms with Crippen molar-refractivity contribution in [3.63, 3.8) is 0 Å². The van der Waals surface area contributed by atoms with E-state index in [-0.39, 0.29) is 49.3 Å². The number of amides is 1. The Hall–Kier alpha value is -2.92. The maximum Gasteiger partial charge on any atom is 0.421 e. The number of fused-ring (bicyclic) bond motifs is 5. The van der Waals surface area contributed by atoms with Crippen LogP contribution in [0.1, 0.15) is 34.9 Å². The molecule has 1 aromatic heterocycles. The van der Waals surface area contributed by atoms with E-state index in [0.717, 1.165) is 18.2 Å². The van der Waals surface area contributed by atoms with E-state index >= 15 is 0 Å². The number of aromatic nitrogens is 2. The van der Waals surface area contributed by atoms with Crippen molar-refractivity contribution in [1.29, 1.82) is 0 Å². The number of likely N-dealkylation sites (tertiary alicyclic amines) is 1. The second-order valence-corrected chi connectivity index (χ2v) is 8.20. The lowest BCUT2D eigenvalue weighted by Crippen LogP contribution is -2.41. The molecule has 4 rings (SSSR count). The van der Waals surface area contributed by atoms with Gasteiger partial charge < -0.3 is 25.0 Å². The number of halogens is 3. The zero-order valence-corrected chi connectivity index (χ0v) is 18.4. The van der Waals surface area contributed by atoms with Gasteiger partial charge in [0, 0.05) is 57.6 Å². The van der Waals surface area contributed by atoms with E-state index in [1.165, 1.54) is 19.8 Å². The number of nitrogens with one attached hydrogen (secondary N) is 2. The minimum absolute atomic E-state index is 0.0231. The van der Waals surface area contributed by atoms with Crippen molar-refractivity contribution < 1.29 is 27.4 Å². The first-order valence-electron chi connectivity index (χ1n) is 10.6. The smallest absolute Gasteiger partial charge is 0.383 e. The normalized spacial score (nSPS) is 19.4. The number of hydrogen-bond donors (Lipinski definition) is 2. The number of alkyl halides is 3. The van der Waals surface area contributed by atoms with Crippen molar-refractivity contribution in [3.8, 4) is 0 Å². The molecule has 2 atom stereocenters. The summed E-state index contributed by atoms with van der Waals surface area (Å²) in [5.41, 5.74) is 2.09. The quantitative estimate of drug-likeness (QED) is 0.578. The van der Waals surface area contributed by atoms with E-state index in [9.17, 15) is 18.0 Å². The fourth-order valence-corrected chi connectivity index (χ4v) is 4.53. The highest BCUT2D eigenvalue weighted by molar-refractivity contribution is 5.78. The number of benzene rings is 1. The number of rotatable bonds is 8. The summed E-state index contributed by atoms with van der Waals surface area (Å²) < 4.78 is 49.8. The first kappa shape index (κ1) is 23.2. The van der Waals surface area contributed by atoms with Gasteiger partial charge in [-0.05, 0) is 29.7 Å². The van der Waals surface area contributed by atoms with Crippen LogP contribution in [0.2, 0.25) is 0 Å². The second-order valence-electron chi connectivity index (χ2n) is 8.20. The highest BCUT2D eigenvalue weighted by atomic mass is 19.4. The highest BCUT2D eigenvalue weighted by Gasteiger charge is 2.39. The first-order chi connectivity index (χ1) is 15.8. The molecular weight excluding hydrogens is 439 g/mol. The molecule has 0 spiro atoms. The summed E-state index contributed by atoms with van der Waals surface area (Å²) in [6.45, 7) is 1.77. The molecule has 1 aromatic carbocycles. The number of methoxy groups -OCH3 is 2. The molecule has 2 aliphatic rings. The van der Waals surface area contributed by atoms with E-state index in [1.807, 2.05) is 23.1 Å². The summed E-state index contributed by atoms with van der Waals surface area (Å²) in [6.07, 6.45) is -2.84. The number of nitrogens with zero attached hydrogens (tertiary/aromatic N) is 3. The van der Waals surface area contributed by atoms with Crippen LogP contribution in [0.4, 0.5) is 30.6 Å². The van der Waals surface area contributed by atoms with Crippen LogP contribution in [-0.2, 0) is 20.4 Å². The SMILES string of the molecule is COCCNc1nc(Nc2ccc3c(c2)[C@H]2C[C@@H]3CN(C(=O)COC)C2)ncc1C(F)(F)F. The van der Waals surface area contributed by atoms with E-state index in [2.05, 4.69) is 20.6 Å². The molecule has 0 unspecified atom stereocenters. The van der Waals surface area contributed by atoms with Crippen LogP contribution in [0, 0.1) is 0 Å². The Kier molecular flexibility index (Phi) is 6.71. The van der Waals surface area contributed by atoms with E-state index in [1.54, 1.807) is 0 Å². The molecule has 8 nitrogen and oxygen atoms in total. The fraction of sp³-hybridized carbons (Fsp3) is 0.500. The maximum atomic E-state index is 13.3. The van der Waals surface area contributed by atoms with Gasteiger partial charge in [0.25, 0.3) is 0 Å². The number of carbonyl (C=O) groups excluding carboxylic acids is 1. The van der Waals surface area contributed by atoms with Gasteiger partial charge in [-0.15, -0.1) is 0 Å². The lowest BCUT2D eigenvalue weighted by atomic mass is 9.96. The molecule has 2 bridgehead atoms. The molecule has 1 aliphatic carbocycles. The van der Waals surface area contributed by atoms with Gasteiger partial charge in [-0.1, -0.05) is 6.07 Å². The third kappa shape index (κ3) is 5.03. The highest BCUT2D eigenvalue weighted by Crippen LogP contribution is 2.47. The third-order valence-electron chi connectivity index (χ3n) is 5.99. The average molecular weight is 465 g/mol. The minimum atomic E-state index is -4.58. The Morgan fingerprint density at radius 3 is 2.64 bits per heavy atom. The van der Waals surface area contributed by atoms with Crippen molar-refractivity contribution in [3.05, 3.63) is 41.1 Å². The van der Waals surface area contributed by atoms with E-state index < -0.39 is 11.7 Å². The molecule has 1 amide bonds. The molecule has 2 heterocycles. The average Bonchev–Trinajstić information content (AvgIpc) is 3.02. The number of hydrogen-bond acceptors (Lipinski definition) is 7. The maximum absolute atomic E-state index is 13.3. The second kappa shape index (κ2) is 9.52. The molecule has 2 aromatic rings. The zero-order chi connectivity index (χ0) is 23.6. The zero-order valence-electron chi connectivity index (χ0n) is 18.4. The summed E-state index contributed by atoms with van der Waals surface area (Å²) in [6, 6.07) is 5.84. The van der Waals surface area contributed by atoms with Crippen molar-refractivity contribution in [1.82, 2.24) is 14.9 Å². The van der Waals surface area contributed by atoms with Crippen LogP contribution in [0.15, 0.2) is 24.4 Å². The molecule has 1 saturated heterocycles. The summed E-state index contributed by atoms with van der Waals surface area (Å²) in [5.74, 6) is 0.209. The summed E-state index contributed by atoms with van der Waals surface area (Å²) in [7, 11) is 2.97. The summed E-state index contributed by atoms with van der Waals surface area (Å²) in [5, 5.41) is 5.68. The predicted octanol–water partition coefficient (Wildman–Crippen LogP) is 3.36. The Morgan fingerprint density at radius 1 is 1.18 bits per heavy atom. The van der Waals surface area contributed by atoms with Gasteiger partial charge in [-0.2, -0.15) is 18.2 Å². The molecule has 1 aliphatic heterocycles. The lowest BCUT2D eigenvalue weighted by Gasteiger charge is -2.32. The predicted molar refractivity (Wildman–Crippen MR) is 116 cm³/mol. The number of piperidine rings is 1. The van der Waals surface area contributed by atoms with E-state index in [4.69, 9.17) is 9.47 Å². The van der Waals surface area contributed by atoms with Crippen LogP contribution in [0.3, 0.4) is 0 Å². The van der Waals surface area contributed by atoms with Crippen molar-refractivity contribution in [2.45, 2.75) is 24.4 Å². The van der Waals surface area contributed by atoms with Crippen LogP contribution in [0.25, 0.3) is 0 Å². The minimum Gasteiger partial charge on any atom is -0.383 e. The van der Waals surface area contributed by atoms with Gasteiger partial charge in [0.15, 0.2) is 0 Å². The Bertz CT molecular complexity index is 1020. The first-order valence-corrected chi connectivity index (χ1v) is 10.6. The molecular formula is C22H26F3N5O3. The topological polar surface area (TPSA) is 88.6 Å². The standard InChI is InChI=1S/C22H26F3N5O3/c1-32-6-5-26-20-18(22(23,24)25)9-27-21(29-20)28-15-3-4-16-13-7-14(17(16)8-15)11-30(10-13)19(31)12-33-2/h3-4,8-9,13-14H,5-7,10-12H2,1-2H3,(H2,26,27,28,29)/t13-,14+/m1/s1. The van der Waals surface area contributed by atoms with Gasteiger partial charge in [0.2, 0.25) is 11.9 Å². The number of anilines is 3. The largest absolute Gasteiger partial charge is 0.421 e. The Morgan fingerprint density at radius 2 is 1.94 bits per heavy atom. The summed E-state index contributed by atoms with van der Waals surface area (Å²) >= 11 is 0. The third-order valence-corrected chi connectivity index (χ3v) is 5.99. The molecule has 1 fully saturated rings. The molecule has 0 saturated carbocycles. The van der Waals surface area contributed by atoms with Crippen LogP contribution in [0.5, 0.6) is 0 Å². The van der Waals surface area contributed by atoms with Gasteiger partial charge >= 0.3 is 6.18 Å². The molecule has 2 N–H and O–H groups in total. The van der Waals surface area contributed by atoms with Gasteiger partial charge in [0.05, 0.1) is 6.61 Å². The van der Waals surface area contributed by atoms with Crippen LogP contribution >= 0.6 is 0 Å². The number of carbonyl (C=O) groups is 1. The fourth-order valence-electron chi connectivity index (χ4n) is 4.53. The molecule has 0 radical (unpaired) electrons. The lowest BCUT2D eigenvalue weighted by molar-refractivity contribution is -0.137. The van der Waals surface area contributed by atoms with E-state index in [0.29, 0.717) is 18.8 Å².